The smallest absolute Gasteiger partial charge is 0.192 e. The molecule has 0 saturated carbocycles. The van der Waals surface area contributed by atoms with Crippen molar-refractivity contribution < 1.29 is 17.5 Å². The summed E-state index contributed by atoms with van der Waals surface area (Å²) in [6.07, 6.45) is 2.53. The summed E-state index contributed by atoms with van der Waals surface area (Å²) in [5, 5.41) is 3.06. The fraction of sp³-hybridized carbons (Fsp3) is 0.214. The van der Waals surface area contributed by atoms with Gasteiger partial charge in [-0.2, -0.15) is 0 Å². The largest absolute Gasteiger partial charge is 0.494 e. The summed E-state index contributed by atoms with van der Waals surface area (Å²) in [6, 6.07) is 7.71. The standard InChI is InChI=1S/C14H15FN2O3S/c1-20-13-5-3-10(7-12(13)15)8-16-11-4-6-14(17-9-11)21(2,18)19/h3-7,9,16H,8H2,1-2H3. The molecule has 112 valence electrons. The van der Waals surface area contributed by atoms with Crippen LogP contribution in [0.2, 0.25) is 0 Å². The second-order valence-corrected chi connectivity index (χ2v) is 6.44. The number of nitrogens with zero attached hydrogens (tertiary/aromatic N) is 1. The van der Waals surface area contributed by atoms with Gasteiger partial charge >= 0.3 is 0 Å². The maximum absolute atomic E-state index is 13.5. The Hall–Kier alpha value is -2.15. The molecule has 5 nitrogen and oxygen atoms in total. The second kappa shape index (κ2) is 6.09. The number of ether oxygens (including phenoxy) is 1. The van der Waals surface area contributed by atoms with E-state index < -0.39 is 15.7 Å². The third-order valence-corrected chi connectivity index (χ3v) is 3.83. The van der Waals surface area contributed by atoms with E-state index in [1.54, 1.807) is 18.2 Å². The van der Waals surface area contributed by atoms with Crippen molar-refractivity contribution in [2.45, 2.75) is 11.6 Å². The van der Waals surface area contributed by atoms with Crippen molar-refractivity contribution in [1.29, 1.82) is 0 Å². The Morgan fingerprint density at radius 1 is 1.29 bits per heavy atom. The number of methoxy groups -OCH3 is 1. The molecule has 0 radical (unpaired) electrons. The molecule has 0 atom stereocenters. The van der Waals surface area contributed by atoms with E-state index in [1.165, 1.54) is 25.4 Å². The van der Waals surface area contributed by atoms with Crippen molar-refractivity contribution in [1.82, 2.24) is 4.98 Å². The number of sulfone groups is 1. The minimum Gasteiger partial charge on any atom is -0.494 e. The first-order valence-electron chi connectivity index (χ1n) is 6.12. The topological polar surface area (TPSA) is 68.3 Å². The van der Waals surface area contributed by atoms with Crippen LogP contribution in [0.3, 0.4) is 0 Å². The number of hydrogen-bond acceptors (Lipinski definition) is 5. The van der Waals surface area contributed by atoms with Crippen molar-refractivity contribution in [3.63, 3.8) is 0 Å². The van der Waals surface area contributed by atoms with Crippen molar-refractivity contribution in [3.8, 4) is 5.75 Å². The van der Waals surface area contributed by atoms with Gasteiger partial charge in [0.15, 0.2) is 26.4 Å². The van der Waals surface area contributed by atoms with Gasteiger partial charge in [-0.05, 0) is 29.8 Å². The zero-order chi connectivity index (χ0) is 15.5. The molecule has 0 bridgehead atoms. The van der Waals surface area contributed by atoms with Crippen LogP contribution >= 0.6 is 0 Å². The molecule has 1 aromatic carbocycles. The quantitative estimate of drug-likeness (QED) is 0.917. The van der Waals surface area contributed by atoms with Crippen molar-refractivity contribution in [2.75, 3.05) is 18.7 Å². The van der Waals surface area contributed by atoms with Gasteiger partial charge in [-0.3, -0.25) is 0 Å². The van der Waals surface area contributed by atoms with E-state index in [9.17, 15) is 12.8 Å². The lowest BCUT2D eigenvalue weighted by molar-refractivity contribution is 0.386. The molecule has 2 rings (SSSR count). The van der Waals surface area contributed by atoms with E-state index in [0.717, 1.165) is 11.8 Å². The number of aromatic nitrogens is 1. The minimum atomic E-state index is -3.30. The fourth-order valence-corrected chi connectivity index (χ4v) is 2.29. The molecular weight excluding hydrogens is 295 g/mol. The van der Waals surface area contributed by atoms with Gasteiger partial charge < -0.3 is 10.1 Å². The summed E-state index contributed by atoms with van der Waals surface area (Å²) in [4.78, 5) is 3.86. The molecule has 2 aromatic rings. The number of anilines is 1. The zero-order valence-electron chi connectivity index (χ0n) is 11.6. The summed E-state index contributed by atoms with van der Waals surface area (Å²) in [7, 11) is -1.89. The predicted molar refractivity (Wildman–Crippen MR) is 77.6 cm³/mol. The number of nitrogens with one attached hydrogen (secondary N) is 1. The van der Waals surface area contributed by atoms with Crippen molar-refractivity contribution >= 4 is 15.5 Å². The van der Waals surface area contributed by atoms with Crippen LogP contribution in [0.4, 0.5) is 10.1 Å². The average molecular weight is 310 g/mol. The van der Waals surface area contributed by atoms with Gasteiger partial charge in [-0.25, -0.2) is 17.8 Å². The molecular formula is C14H15FN2O3S. The lowest BCUT2D eigenvalue weighted by Gasteiger charge is -2.08. The first-order valence-corrected chi connectivity index (χ1v) is 8.01. The summed E-state index contributed by atoms with van der Waals surface area (Å²) in [5.74, 6) is -0.236. The SMILES string of the molecule is COc1ccc(CNc2ccc(S(C)(=O)=O)nc2)cc1F. The first-order chi connectivity index (χ1) is 9.90. The zero-order valence-corrected chi connectivity index (χ0v) is 12.4. The van der Waals surface area contributed by atoms with Crippen LogP contribution in [0.25, 0.3) is 0 Å². The summed E-state index contributed by atoms with van der Waals surface area (Å²) >= 11 is 0. The Morgan fingerprint density at radius 2 is 2.05 bits per heavy atom. The van der Waals surface area contributed by atoms with Crippen LogP contribution in [0.5, 0.6) is 5.75 Å². The van der Waals surface area contributed by atoms with E-state index >= 15 is 0 Å². The van der Waals surface area contributed by atoms with E-state index in [2.05, 4.69) is 10.3 Å². The average Bonchev–Trinajstić information content (AvgIpc) is 2.45. The van der Waals surface area contributed by atoms with Crippen LogP contribution in [0.15, 0.2) is 41.6 Å². The molecule has 7 heteroatoms. The van der Waals surface area contributed by atoms with Crippen LogP contribution in [0, 0.1) is 5.82 Å². The Bertz CT molecular complexity index is 730. The monoisotopic (exact) mass is 310 g/mol. The Morgan fingerprint density at radius 3 is 2.57 bits per heavy atom. The molecule has 1 aromatic heterocycles. The molecule has 0 saturated heterocycles. The van der Waals surface area contributed by atoms with Crippen LogP contribution in [-0.2, 0) is 16.4 Å². The number of benzene rings is 1. The van der Waals surface area contributed by atoms with E-state index in [4.69, 9.17) is 4.74 Å². The van der Waals surface area contributed by atoms with E-state index in [-0.39, 0.29) is 10.8 Å². The Labute approximate surface area is 122 Å². The van der Waals surface area contributed by atoms with Crippen LogP contribution < -0.4 is 10.1 Å². The van der Waals surface area contributed by atoms with Gasteiger partial charge in [0, 0.05) is 12.8 Å². The third-order valence-electron chi connectivity index (χ3n) is 2.83. The maximum atomic E-state index is 13.5. The van der Waals surface area contributed by atoms with Crippen molar-refractivity contribution in [2.24, 2.45) is 0 Å². The van der Waals surface area contributed by atoms with Gasteiger partial charge in [0.05, 0.1) is 19.0 Å². The number of hydrogen-bond donors (Lipinski definition) is 1. The molecule has 0 aliphatic rings. The van der Waals surface area contributed by atoms with Gasteiger partial charge in [-0.1, -0.05) is 6.07 Å². The van der Waals surface area contributed by atoms with E-state index in [1.807, 2.05) is 0 Å². The molecule has 0 fully saturated rings. The first kappa shape index (κ1) is 15.2. The number of rotatable bonds is 5. The van der Waals surface area contributed by atoms with Crippen molar-refractivity contribution in [3.05, 3.63) is 47.9 Å². The molecule has 21 heavy (non-hydrogen) atoms. The number of pyridine rings is 1. The molecule has 0 unspecified atom stereocenters. The highest BCUT2D eigenvalue weighted by atomic mass is 32.2. The maximum Gasteiger partial charge on any atom is 0.192 e. The summed E-state index contributed by atoms with van der Waals surface area (Å²) < 4.78 is 40.9. The van der Waals surface area contributed by atoms with Gasteiger partial charge in [0.2, 0.25) is 0 Å². The number of halogens is 1. The summed E-state index contributed by atoms with van der Waals surface area (Å²) in [5.41, 5.74) is 1.39. The van der Waals surface area contributed by atoms with E-state index in [0.29, 0.717) is 12.2 Å². The highest BCUT2D eigenvalue weighted by Crippen LogP contribution is 2.18. The molecule has 0 spiro atoms. The normalized spacial score (nSPS) is 11.2. The molecule has 0 aliphatic carbocycles. The molecule has 0 amide bonds. The van der Waals surface area contributed by atoms with Gasteiger partial charge in [-0.15, -0.1) is 0 Å². The second-order valence-electron chi connectivity index (χ2n) is 4.48. The Kier molecular flexibility index (Phi) is 4.42. The summed E-state index contributed by atoms with van der Waals surface area (Å²) in [6.45, 7) is 0.390. The van der Waals surface area contributed by atoms with Crippen LogP contribution in [-0.4, -0.2) is 26.8 Å². The predicted octanol–water partition coefficient (Wildman–Crippen LogP) is 2.24. The lowest BCUT2D eigenvalue weighted by Crippen LogP contribution is -2.03. The van der Waals surface area contributed by atoms with Gasteiger partial charge in [0.1, 0.15) is 0 Å². The molecule has 0 aliphatic heterocycles. The molecule has 1 N–H and O–H groups in total. The fourth-order valence-electron chi connectivity index (χ4n) is 1.73. The van der Waals surface area contributed by atoms with Gasteiger partial charge in [0.25, 0.3) is 0 Å². The highest BCUT2D eigenvalue weighted by Gasteiger charge is 2.08. The minimum absolute atomic E-state index is 0.0172. The van der Waals surface area contributed by atoms with Crippen LogP contribution in [0.1, 0.15) is 5.56 Å². The lowest BCUT2D eigenvalue weighted by atomic mass is 10.2. The highest BCUT2D eigenvalue weighted by molar-refractivity contribution is 7.90. The Balaban J connectivity index is 2.05. The molecule has 1 heterocycles. The third kappa shape index (κ3) is 3.91.